The van der Waals surface area contributed by atoms with E-state index in [1.54, 1.807) is 13.8 Å². The normalized spacial score (nSPS) is 18.8. The van der Waals surface area contributed by atoms with Gasteiger partial charge in [0.05, 0.1) is 5.60 Å². The SMILES string of the molecule is C#C.CC(C)C(NC(=O)NCC(C)(C)O)C(=O)N1CCC(c2ccc(Cl)cc2)C(C)(C)C1. The van der Waals surface area contributed by atoms with E-state index in [0.717, 1.165) is 11.4 Å². The molecular formula is C25H38ClN3O3. The van der Waals surface area contributed by atoms with Crippen molar-refractivity contribution in [3.63, 3.8) is 0 Å². The summed E-state index contributed by atoms with van der Waals surface area (Å²) >= 11 is 6.03. The number of halogens is 1. The number of hydrogen-bond acceptors (Lipinski definition) is 3. The Labute approximate surface area is 198 Å². The number of urea groups is 1. The monoisotopic (exact) mass is 463 g/mol. The lowest BCUT2D eigenvalue weighted by molar-refractivity contribution is -0.137. The molecule has 2 atom stereocenters. The largest absolute Gasteiger partial charge is 0.389 e. The molecule has 3 N–H and O–H groups in total. The van der Waals surface area contributed by atoms with Crippen LogP contribution >= 0.6 is 11.6 Å². The predicted octanol–water partition coefficient (Wildman–Crippen LogP) is 4.03. The summed E-state index contributed by atoms with van der Waals surface area (Å²) in [6.07, 6.45) is 8.86. The zero-order valence-corrected chi connectivity index (χ0v) is 20.9. The molecule has 1 heterocycles. The minimum Gasteiger partial charge on any atom is -0.389 e. The van der Waals surface area contributed by atoms with E-state index in [2.05, 4.69) is 49.5 Å². The van der Waals surface area contributed by atoms with Crippen molar-refractivity contribution in [1.82, 2.24) is 15.5 Å². The molecule has 2 rings (SSSR count). The highest BCUT2D eigenvalue weighted by Crippen LogP contribution is 2.42. The van der Waals surface area contributed by atoms with E-state index in [-0.39, 0.29) is 23.8 Å². The van der Waals surface area contributed by atoms with Gasteiger partial charge in [0, 0.05) is 24.7 Å². The Bertz CT molecular complexity index is 782. The molecule has 3 amide bonds. The van der Waals surface area contributed by atoms with Crippen LogP contribution in [0.25, 0.3) is 0 Å². The number of likely N-dealkylation sites (tertiary alicyclic amines) is 1. The molecule has 0 spiro atoms. The summed E-state index contributed by atoms with van der Waals surface area (Å²) in [6, 6.07) is 6.90. The quantitative estimate of drug-likeness (QED) is 0.557. The number of nitrogens with zero attached hydrogens (tertiary/aromatic N) is 1. The molecule has 7 heteroatoms. The van der Waals surface area contributed by atoms with Crippen LogP contribution in [0, 0.1) is 24.2 Å². The Hall–Kier alpha value is -2.23. The number of amides is 3. The number of rotatable bonds is 6. The van der Waals surface area contributed by atoms with Crippen LogP contribution < -0.4 is 10.6 Å². The molecule has 0 radical (unpaired) electrons. The van der Waals surface area contributed by atoms with Crippen molar-refractivity contribution in [1.29, 1.82) is 0 Å². The van der Waals surface area contributed by atoms with Crippen LogP contribution in [0.1, 0.15) is 59.4 Å². The maximum Gasteiger partial charge on any atom is 0.315 e. The van der Waals surface area contributed by atoms with Gasteiger partial charge in [0.1, 0.15) is 6.04 Å². The minimum absolute atomic E-state index is 0.0533. The fraction of sp³-hybridized carbons (Fsp3) is 0.600. The maximum absolute atomic E-state index is 13.3. The number of aliphatic hydroxyl groups is 1. The van der Waals surface area contributed by atoms with Gasteiger partial charge >= 0.3 is 6.03 Å². The fourth-order valence-electron chi connectivity index (χ4n) is 4.06. The molecule has 1 aliphatic heterocycles. The highest BCUT2D eigenvalue weighted by atomic mass is 35.5. The third-order valence-corrected chi connectivity index (χ3v) is 5.97. The summed E-state index contributed by atoms with van der Waals surface area (Å²) in [5.41, 5.74) is 0.121. The van der Waals surface area contributed by atoms with Crippen molar-refractivity contribution in [2.24, 2.45) is 11.3 Å². The number of piperidine rings is 1. The highest BCUT2D eigenvalue weighted by Gasteiger charge is 2.40. The van der Waals surface area contributed by atoms with Crippen LogP contribution in [0.3, 0.4) is 0 Å². The molecule has 1 fully saturated rings. The van der Waals surface area contributed by atoms with E-state index < -0.39 is 17.7 Å². The predicted molar refractivity (Wildman–Crippen MR) is 131 cm³/mol. The lowest BCUT2D eigenvalue weighted by Gasteiger charge is -2.45. The van der Waals surface area contributed by atoms with Gasteiger partial charge in [-0.1, -0.05) is 51.4 Å². The van der Waals surface area contributed by atoms with Crippen LogP contribution in [0.4, 0.5) is 4.79 Å². The van der Waals surface area contributed by atoms with Crippen LogP contribution in [0.15, 0.2) is 24.3 Å². The second-order valence-corrected chi connectivity index (χ2v) is 10.4. The maximum atomic E-state index is 13.3. The van der Waals surface area contributed by atoms with Gasteiger partial charge in [-0.25, -0.2) is 4.79 Å². The zero-order chi connectivity index (χ0) is 24.7. The lowest BCUT2D eigenvalue weighted by atomic mass is 9.70. The summed E-state index contributed by atoms with van der Waals surface area (Å²) in [5.74, 6) is 0.216. The van der Waals surface area contributed by atoms with E-state index in [4.69, 9.17) is 11.6 Å². The molecule has 32 heavy (non-hydrogen) atoms. The summed E-state index contributed by atoms with van der Waals surface area (Å²) in [5, 5.41) is 15.9. The lowest BCUT2D eigenvalue weighted by Crippen LogP contribution is -2.57. The minimum atomic E-state index is -1.01. The molecule has 1 saturated heterocycles. The van der Waals surface area contributed by atoms with Crippen molar-refractivity contribution in [3.05, 3.63) is 34.9 Å². The van der Waals surface area contributed by atoms with Crippen molar-refractivity contribution in [2.75, 3.05) is 19.6 Å². The fourth-order valence-corrected chi connectivity index (χ4v) is 4.18. The number of hydrogen-bond donors (Lipinski definition) is 3. The first-order valence-electron chi connectivity index (χ1n) is 10.9. The zero-order valence-electron chi connectivity index (χ0n) is 20.1. The van der Waals surface area contributed by atoms with E-state index >= 15 is 0 Å². The second-order valence-electron chi connectivity index (χ2n) is 10.0. The summed E-state index contributed by atoms with van der Waals surface area (Å²) in [7, 11) is 0. The summed E-state index contributed by atoms with van der Waals surface area (Å²) < 4.78 is 0. The highest BCUT2D eigenvalue weighted by molar-refractivity contribution is 6.30. The molecule has 178 valence electrons. The van der Waals surface area contributed by atoms with Gasteiger partial charge in [-0.05, 0) is 55.2 Å². The molecule has 6 nitrogen and oxygen atoms in total. The summed E-state index contributed by atoms with van der Waals surface area (Å²) in [4.78, 5) is 27.4. The molecule has 1 aliphatic rings. The molecule has 0 saturated carbocycles. The topological polar surface area (TPSA) is 81.7 Å². The Balaban J connectivity index is 0.00000249. The van der Waals surface area contributed by atoms with Crippen LogP contribution in [-0.2, 0) is 4.79 Å². The van der Waals surface area contributed by atoms with Crippen molar-refractivity contribution in [2.45, 2.75) is 65.5 Å². The Morgan fingerprint density at radius 2 is 1.81 bits per heavy atom. The third-order valence-electron chi connectivity index (χ3n) is 5.71. The van der Waals surface area contributed by atoms with Gasteiger partial charge in [0.25, 0.3) is 0 Å². The third kappa shape index (κ3) is 8.03. The van der Waals surface area contributed by atoms with E-state index in [0.29, 0.717) is 19.0 Å². The number of benzene rings is 1. The molecule has 0 aromatic heterocycles. The van der Waals surface area contributed by atoms with E-state index in [9.17, 15) is 14.7 Å². The van der Waals surface area contributed by atoms with E-state index in [1.165, 1.54) is 5.56 Å². The van der Waals surface area contributed by atoms with Crippen molar-refractivity contribution < 1.29 is 14.7 Å². The average Bonchev–Trinajstić information content (AvgIpc) is 2.71. The van der Waals surface area contributed by atoms with Crippen LogP contribution in [0.5, 0.6) is 0 Å². The number of terminal acetylenes is 1. The number of carbonyl (C=O) groups excluding carboxylic acids is 2. The van der Waals surface area contributed by atoms with Crippen LogP contribution in [-0.4, -0.2) is 53.2 Å². The first-order valence-corrected chi connectivity index (χ1v) is 11.3. The number of carbonyl (C=O) groups is 2. The van der Waals surface area contributed by atoms with E-state index in [1.807, 2.05) is 30.9 Å². The smallest absolute Gasteiger partial charge is 0.315 e. The Morgan fingerprint density at radius 3 is 2.28 bits per heavy atom. The Morgan fingerprint density at radius 1 is 1.25 bits per heavy atom. The van der Waals surface area contributed by atoms with Gasteiger partial charge in [0.2, 0.25) is 5.91 Å². The van der Waals surface area contributed by atoms with Gasteiger partial charge in [0.15, 0.2) is 0 Å². The van der Waals surface area contributed by atoms with Gasteiger partial charge in [-0.2, -0.15) is 0 Å². The van der Waals surface area contributed by atoms with Crippen LogP contribution in [0.2, 0.25) is 5.02 Å². The summed E-state index contributed by atoms with van der Waals surface area (Å²) in [6.45, 7) is 12.8. The van der Waals surface area contributed by atoms with Crippen molar-refractivity contribution >= 4 is 23.5 Å². The first kappa shape index (κ1) is 27.8. The van der Waals surface area contributed by atoms with Gasteiger partial charge < -0.3 is 20.6 Å². The van der Waals surface area contributed by atoms with Gasteiger partial charge in [-0.3, -0.25) is 4.79 Å². The second kappa shape index (κ2) is 11.6. The molecule has 2 unspecified atom stereocenters. The first-order chi connectivity index (χ1) is 14.8. The molecule has 1 aromatic rings. The Kier molecular flexibility index (Phi) is 10.1. The average molecular weight is 464 g/mol. The molecule has 0 bridgehead atoms. The molecule has 1 aromatic carbocycles. The number of nitrogens with one attached hydrogen (secondary N) is 2. The van der Waals surface area contributed by atoms with Gasteiger partial charge in [-0.15, -0.1) is 12.8 Å². The standard InChI is InChI=1S/C23H36ClN3O3.C2H2/c1-15(2)19(26-21(29)25-13-23(5,6)30)20(28)27-12-11-18(22(3,4)14-27)16-7-9-17(24)10-8-16;1-2/h7-10,15,18-19,30H,11-14H2,1-6H3,(H2,25,26,29);1-2H. The molecular weight excluding hydrogens is 426 g/mol. The van der Waals surface area contributed by atoms with Crippen molar-refractivity contribution in [3.8, 4) is 12.8 Å². The molecule has 0 aliphatic carbocycles.